The predicted molar refractivity (Wildman–Crippen MR) is 161 cm³/mol. The molecule has 0 amide bonds. The van der Waals surface area contributed by atoms with Crippen LogP contribution in [0.2, 0.25) is 0 Å². The van der Waals surface area contributed by atoms with Crippen LogP contribution in [-0.4, -0.2) is 49.3 Å². The Morgan fingerprint density at radius 1 is 1.15 bits per heavy atom. The number of rotatable bonds is 10. The van der Waals surface area contributed by atoms with Crippen LogP contribution in [0.15, 0.2) is 42.0 Å². The van der Waals surface area contributed by atoms with E-state index < -0.39 is 0 Å². The fraction of sp³-hybridized carbons (Fsp3) is 0.571. The number of hydrogen-bond acceptors (Lipinski definition) is 5. The Kier molecular flexibility index (Phi) is 9.50. The lowest BCUT2D eigenvalue weighted by atomic mass is 9.74. The van der Waals surface area contributed by atoms with Gasteiger partial charge in [-0.25, -0.2) is 4.39 Å². The van der Waals surface area contributed by atoms with E-state index in [-0.39, 0.29) is 23.3 Å². The normalized spacial score (nSPS) is 21.0. The molecule has 5 rings (SSSR count). The van der Waals surface area contributed by atoms with E-state index in [1.165, 1.54) is 23.3 Å². The number of fused-ring (bicyclic) bond motifs is 2. The highest BCUT2D eigenvalue weighted by atomic mass is 19.1. The van der Waals surface area contributed by atoms with Crippen molar-refractivity contribution in [2.45, 2.75) is 90.6 Å². The first-order valence-electron chi connectivity index (χ1n) is 15.5. The minimum absolute atomic E-state index is 0.183. The number of benzene rings is 2. The maximum Gasteiger partial charge on any atom is 0.311 e. The summed E-state index contributed by atoms with van der Waals surface area (Å²) in [6.45, 7) is 13.1. The van der Waals surface area contributed by atoms with Crippen LogP contribution >= 0.6 is 0 Å². The number of carbonyl (C=O) groups excluding carboxylic acids is 1. The van der Waals surface area contributed by atoms with Crippen LogP contribution in [0.3, 0.4) is 0 Å². The Labute approximate surface area is 245 Å². The van der Waals surface area contributed by atoms with Gasteiger partial charge < -0.3 is 14.2 Å². The number of halogens is 1. The fourth-order valence-electron chi connectivity index (χ4n) is 6.60. The van der Waals surface area contributed by atoms with Crippen LogP contribution in [0.25, 0.3) is 5.57 Å². The third-order valence-electron chi connectivity index (χ3n) is 9.05. The second-order valence-corrected chi connectivity index (χ2v) is 12.8. The molecule has 3 aliphatic rings. The number of esters is 1. The van der Waals surface area contributed by atoms with Gasteiger partial charge in [-0.05, 0) is 124 Å². The zero-order valence-electron chi connectivity index (χ0n) is 25.3. The van der Waals surface area contributed by atoms with Gasteiger partial charge in [-0.3, -0.25) is 9.69 Å². The Hall–Kier alpha value is -2.70. The van der Waals surface area contributed by atoms with Crippen molar-refractivity contribution in [1.29, 1.82) is 0 Å². The number of hydrogen-bond donors (Lipinski definition) is 0. The van der Waals surface area contributed by atoms with Crippen LogP contribution in [0.5, 0.6) is 11.5 Å². The molecule has 0 aromatic heterocycles. The van der Waals surface area contributed by atoms with Gasteiger partial charge in [-0.1, -0.05) is 26.0 Å². The summed E-state index contributed by atoms with van der Waals surface area (Å²) in [4.78, 5) is 15.5. The van der Waals surface area contributed by atoms with Crippen molar-refractivity contribution in [3.05, 3.63) is 64.5 Å². The van der Waals surface area contributed by atoms with Crippen molar-refractivity contribution >= 4 is 11.5 Å². The lowest BCUT2D eigenvalue weighted by molar-refractivity contribution is -0.134. The van der Waals surface area contributed by atoms with Crippen molar-refractivity contribution in [2.24, 2.45) is 5.92 Å². The molecule has 41 heavy (non-hydrogen) atoms. The summed E-state index contributed by atoms with van der Waals surface area (Å²) >= 11 is 0. The predicted octanol–water partition coefficient (Wildman–Crippen LogP) is 7.71. The van der Waals surface area contributed by atoms with Gasteiger partial charge in [-0.2, -0.15) is 0 Å². The summed E-state index contributed by atoms with van der Waals surface area (Å²) in [6.07, 6.45) is 7.16. The number of nitrogens with zero attached hydrogens (tertiary/aromatic N) is 1. The number of ether oxygens (including phenoxy) is 3. The molecule has 0 radical (unpaired) electrons. The molecule has 5 nitrogen and oxygen atoms in total. The van der Waals surface area contributed by atoms with Crippen molar-refractivity contribution in [2.75, 3.05) is 32.8 Å². The largest absolute Gasteiger partial charge is 0.483 e. The first-order chi connectivity index (χ1) is 19.7. The molecule has 6 heteroatoms. The van der Waals surface area contributed by atoms with E-state index in [4.69, 9.17) is 14.2 Å². The van der Waals surface area contributed by atoms with Crippen LogP contribution in [0.4, 0.5) is 4.39 Å². The molecule has 1 saturated heterocycles. The van der Waals surface area contributed by atoms with Gasteiger partial charge in [0, 0.05) is 19.5 Å². The summed E-state index contributed by atoms with van der Waals surface area (Å²) in [7, 11) is 0. The highest BCUT2D eigenvalue weighted by Gasteiger charge is 2.39. The fourth-order valence-corrected chi connectivity index (χ4v) is 6.60. The number of morpholine rings is 1. The zero-order valence-corrected chi connectivity index (χ0v) is 25.3. The summed E-state index contributed by atoms with van der Waals surface area (Å²) in [6, 6.07) is 11.0. The van der Waals surface area contributed by atoms with E-state index in [2.05, 4.69) is 44.7 Å². The standard InChI is InChI=1S/C35H46FNO4/c1-24-10-15-30-29(21-24)34-31(40-33(38)9-6-16-37-17-19-39-20-18-37)22-27(23-32(34)41-35(30,3)4)25(2)7-5-8-26-11-13-28(36)14-12-26/h11-14,22-25H,5-10,15-21H2,1-4H3. The third-order valence-corrected chi connectivity index (χ3v) is 9.05. The molecule has 2 aromatic rings. The van der Waals surface area contributed by atoms with Crippen LogP contribution in [0.1, 0.15) is 95.2 Å². The lowest BCUT2D eigenvalue weighted by Crippen LogP contribution is -2.37. The number of allylic oxidation sites excluding steroid dienone is 1. The molecular weight excluding hydrogens is 517 g/mol. The average Bonchev–Trinajstić information content (AvgIpc) is 2.94. The van der Waals surface area contributed by atoms with E-state index in [0.29, 0.717) is 18.1 Å². The molecular formula is C35H46FNO4. The second kappa shape index (κ2) is 13.1. The van der Waals surface area contributed by atoms with Gasteiger partial charge >= 0.3 is 5.97 Å². The van der Waals surface area contributed by atoms with Gasteiger partial charge in [0.15, 0.2) is 0 Å². The maximum atomic E-state index is 13.3. The molecule has 1 aliphatic carbocycles. The molecule has 1 fully saturated rings. The number of carbonyl (C=O) groups is 1. The van der Waals surface area contributed by atoms with Gasteiger partial charge in [0.2, 0.25) is 0 Å². The van der Waals surface area contributed by atoms with Crippen LogP contribution in [0, 0.1) is 11.7 Å². The molecule has 2 unspecified atom stereocenters. The highest BCUT2D eigenvalue weighted by Crippen LogP contribution is 2.52. The average molecular weight is 564 g/mol. The van der Waals surface area contributed by atoms with Crippen molar-refractivity contribution in [1.82, 2.24) is 4.90 Å². The third kappa shape index (κ3) is 7.39. The van der Waals surface area contributed by atoms with E-state index in [1.54, 1.807) is 0 Å². The van der Waals surface area contributed by atoms with Crippen LogP contribution < -0.4 is 9.47 Å². The summed E-state index contributed by atoms with van der Waals surface area (Å²) in [5, 5.41) is 0. The monoisotopic (exact) mass is 563 g/mol. The molecule has 2 atom stereocenters. The second-order valence-electron chi connectivity index (χ2n) is 12.8. The maximum absolute atomic E-state index is 13.3. The minimum Gasteiger partial charge on any atom is -0.483 e. The molecule has 0 saturated carbocycles. The summed E-state index contributed by atoms with van der Waals surface area (Å²) in [5.41, 5.74) is 5.52. The molecule has 0 N–H and O–H groups in total. The Bertz CT molecular complexity index is 1250. The van der Waals surface area contributed by atoms with Gasteiger partial charge in [0.1, 0.15) is 22.9 Å². The first-order valence-corrected chi connectivity index (χ1v) is 15.5. The molecule has 2 aromatic carbocycles. The lowest BCUT2D eigenvalue weighted by Gasteiger charge is -2.41. The Morgan fingerprint density at radius 3 is 2.66 bits per heavy atom. The van der Waals surface area contributed by atoms with E-state index >= 15 is 0 Å². The number of aryl methyl sites for hydroxylation is 1. The first kappa shape index (κ1) is 29.8. The quantitative estimate of drug-likeness (QED) is 0.219. The molecule has 0 bridgehead atoms. The van der Waals surface area contributed by atoms with Gasteiger partial charge in [0.25, 0.3) is 0 Å². The molecule has 2 heterocycles. The summed E-state index contributed by atoms with van der Waals surface area (Å²) < 4.78 is 31.6. The molecule has 0 spiro atoms. The summed E-state index contributed by atoms with van der Waals surface area (Å²) in [5.74, 6) is 1.94. The molecule has 2 aliphatic heterocycles. The SMILES string of the molecule is CC1CCC2=C(C1)c1c(OC(=O)CCCN3CCOCC3)cc(C(C)CCCc3ccc(F)cc3)cc1OC2(C)C. The van der Waals surface area contributed by atoms with Crippen molar-refractivity contribution < 1.29 is 23.4 Å². The molecule has 222 valence electrons. The van der Waals surface area contributed by atoms with Crippen LogP contribution in [-0.2, 0) is 16.0 Å². The Morgan fingerprint density at radius 2 is 1.90 bits per heavy atom. The Balaban J connectivity index is 1.35. The smallest absolute Gasteiger partial charge is 0.311 e. The van der Waals surface area contributed by atoms with Gasteiger partial charge in [-0.15, -0.1) is 0 Å². The topological polar surface area (TPSA) is 48.0 Å². The van der Waals surface area contributed by atoms with E-state index in [9.17, 15) is 9.18 Å². The van der Waals surface area contributed by atoms with Gasteiger partial charge in [0.05, 0.1) is 18.8 Å². The van der Waals surface area contributed by atoms with E-state index in [0.717, 1.165) is 100 Å². The highest BCUT2D eigenvalue weighted by molar-refractivity contribution is 5.84. The van der Waals surface area contributed by atoms with E-state index in [1.807, 2.05) is 12.1 Å². The van der Waals surface area contributed by atoms with Crippen molar-refractivity contribution in [3.63, 3.8) is 0 Å². The zero-order chi connectivity index (χ0) is 29.0. The minimum atomic E-state index is -0.383. The van der Waals surface area contributed by atoms with Crippen molar-refractivity contribution in [3.8, 4) is 11.5 Å².